The first-order valence-electron chi connectivity index (χ1n) is 13.4. The van der Waals surface area contributed by atoms with Gasteiger partial charge in [-0.05, 0) is 73.8 Å². The van der Waals surface area contributed by atoms with Gasteiger partial charge < -0.3 is 10.3 Å². The van der Waals surface area contributed by atoms with Crippen molar-refractivity contribution < 1.29 is 0 Å². The van der Waals surface area contributed by atoms with E-state index >= 15 is 0 Å². The largest absolute Gasteiger partial charge is 0.341 e. The fourth-order valence-electron chi connectivity index (χ4n) is 6.29. The smallest absolute Gasteiger partial charge is 0.121 e. The van der Waals surface area contributed by atoms with Gasteiger partial charge in [-0.1, -0.05) is 66.7 Å². The maximum Gasteiger partial charge on any atom is 0.121 e. The van der Waals surface area contributed by atoms with Crippen LogP contribution >= 0.6 is 0 Å². The first-order chi connectivity index (χ1) is 17.3. The van der Waals surface area contributed by atoms with Gasteiger partial charge in [0.2, 0.25) is 0 Å². The van der Waals surface area contributed by atoms with Gasteiger partial charge >= 0.3 is 0 Å². The predicted molar refractivity (Wildman–Crippen MR) is 143 cm³/mol. The summed E-state index contributed by atoms with van der Waals surface area (Å²) in [7, 11) is 0. The van der Waals surface area contributed by atoms with Crippen LogP contribution in [0.1, 0.15) is 67.1 Å². The van der Waals surface area contributed by atoms with Gasteiger partial charge in [-0.25, -0.2) is 4.98 Å². The summed E-state index contributed by atoms with van der Waals surface area (Å²) in [5, 5.41) is 3.82. The molecule has 0 saturated heterocycles. The second kappa shape index (κ2) is 10.3. The molecule has 4 heteroatoms. The Kier molecular flexibility index (Phi) is 6.66. The fraction of sp³-hybridized carbons (Fsp3) is 0.387. The number of H-pyrrole nitrogens is 1. The quantitative estimate of drug-likeness (QED) is 0.326. The lowest BCUT2D eigenvalue weighted by Crippen LogP contribution is -2.44. The Morgan fingerprint density at radius 1 is 0.829 bits per heavy atom. The highest BCUT2D eigenvalue weighted by Gasteiger charge is 2.33. The maximum absolute atomic E-state index is 4.97. The van der Waals surface area contributed by atoms with Gasteiger partial charge in [0.05, 0.1) is 17.6 Å². The molecule has 1 saturated carbocycles. The summed E-state index contributed by atoms with van der Waals surface area (Å²) >= 11 is 0. The van der Waals surface area contributed by atoms with E-state index in [-0.39, 0.29) is 0 Å². The molecular formula is C31H36N4. The zero-order chi connectivity index (χ0) is 23.5. The van der Waals surface area contributed by atoms with Gasteiger partial charge in [0, 0.05) is 24.7 Å². The molecular weight excluding hydrogens is 428 g/mol. The molecule has 1 aromatic heterocycles. The number of hydrogen-bond donors (Lipinski definition) is 2. The number of benzene rings is 3. The van der Waals surface area contributed by atoms with Crippen LogP contribution in [0.2, 0.25) is 0 Å². The molecule has 1 fully saturated rings. The molecule has 1 unspecified atom stereocenters. The van der Waals surface area contributed by atoms with E-state index in [1.54, 1.807) is 5.56 Å². The summed E-state index contributed by atoms with van der Waals surface area (Å²) < 4.78 is 0. The number of nitrogens with one attached hydrogen (secondary N) is 2. The van der Waals surface area contributed by atoms with Crippen molar-refractivity contribution in [1.82, 2.24) is 20.2 Å². The first kappa shape index (κ1) is 22.5. The summed E-state index contributed by atoms with van der Waals surface area (Å²) in [5.74, 6) is 1.10. The third kappa shape index (κ3) is 5.05. The Morgan fingerprint density at radius 2 is 1.60 bits per heavy atom. The molecule has 2 aliphatic carbocycles. The van der Waals surface area contributed by atoms with E-state index in [2.05, 4.69) is 94.1 Å². The van der Waals surface area contributed by atoms with Gasteiger partial charge in [-0.2, -0.15) is 0 Å². The van der Waals surface area contributed by atoms with E-state index in [0.717, 1.165) is 29.9 Å². The molecule has 0 bridgehead atoms. The van der Waals surface area contributed by atoms with Crippen molar-refractivity contribution in [3.63, 3.8) is 0 Å². The molecule has 4 aromatic rings. The molecule has 1 atom stereocenters. The lowest BCUT2D eigenvalue weighted by Gasteiger charge is -2.43. The van der Waals surface area contributed by atoms with Gasteiger partial charge in [0.15, 0.2) is 0 Å². The van der Waals surface area contributed by atoms with E-state index in [9.17, 15) is 0 Å². The summed E-state index contributed by atoms with van der Waals surface area (Å²) in [6.45, 7) is 1.86. The second-order valence-electron chi connectivity index (χ2n) is 10.4. The normalized spacial score (nSPS) is 22.4. The van der Waals surface area contributed by atoms with Gasteiger partial charge in [-0.15, -0.1) is 0 Å². The molecule has 6 rings (SSSR count). The standard InChI is InChI=1S/C31H36N4/c1-2-9-23(10-3-1)21-32-25-17-19-26(20-18-25)35(22-31-33-28-14-6-7-15-29(28)34-31)30-16-8-12-24-11-4-5-13-27(24)30/h1-7,9-11,13-15,25-26,30,32H,8,12,16-22H2,(H,33,34)/t25-,26-,30?. The lowest BCUT2D eigenvalue weighted by atomic mass is 9.83. The van der Waals surface area contributed by atoms with E-state index in [1.165, 1.54) is 56.1 Å². The first-order valence-corrected chi connectivity index (χ1v) is 13.4. The molecule has 4 nitrogen and oxygen atoms in total. The molecule has 180 valence electrons. The Morgan fingerprint density at radius 3 is 2.46 bits per heavy atom. The molecule has 2 aliphatic rings. The van der Waals surface area contributed by atoms with Gasteiger partial charge in [0.25, 0.3) is 0 Å². The highest BCUT2D eigenvalue weighted by atomic mass is 15.2. The highest BCUT2D eigenvalue weighted by Crippen LogP contribution is 2.39. The van der Waals surface area contributed by atoms with Crippen LogP contribution in [0.15, 0.2) is 78.9 Å². The molecule has 2 N–H and O–H groups in total. The van der Waals surface area contributed by atoms with E-state index in [4.69, 9.17) is 4.98 Å². The van der Waals surface area contributed by atoms with Crippen LogP contribution in [-0.4, -0.2) is 27.0 Å². The Hall–Kier alpha value is -2.95. The van der Waals surface area contributed by atoms with Crippen molar-refractivity contribution in [3.05, 3.63) is 101 Å². The summed E-state index contributed by atoms with van der Waals surface area (Å²) in [6, 6.07) is 30.0. The zero-order valence-corrected chi connectivity index (χ0v) is 20.5. The van der Waals surface area contributed by atoms with Crippen LogP contribution in [0.5, 0.6) is 0 Å². The Balaban J connectivity index is 1.20. The number of para-hydroxylation sites is 2. The lowest BCUT2D eigenvalue weighted by molar-refractivity contribution is 0.0751. The van der Waals surface area contributed by atoms with Gasteiger partial charge in [0.1, 0.15) is 5.82 Å². The van der Waals surface area contributed by atoms with Gasteiger partial charge in [-0.3, -0.25) is 4.90 Å². The highest BCUT2D eigenvalue weighted by molar-refractivity contribution is 5.74. The van der Waals surface area contributed by atoms with Crippen LogP contribution in [-0.2, 0) is 19.5 Å². The maximum atomic E-state index is 4.97. The van der Waals surface area contributed by atoms with Crippen molar-refractivity contribution in [2.24, 2.45) is 0 Å². The molecule has 0 spiro atoms. The number of fused-ring (bicyclic) bond motifs is 2. The zero-order valence-electron chi connectivity index (χ0n) is 20.5. The number of rotatable bonds is 7. The van der Waals surface area contributed by atoms with Crippen LogP contribution < -0.4 is 5.32 Å². The number of hydrogen-bond acceptors (Lipinski definition) is 3. The third-order valence-electron chi connectivity index (χ3n) is 8.11. The van der Waals surface area contributed by atoms with Crippen molar-refractivity contribution in [3.8, 4) is 0 Å². The Labute approximate surface area is 208 Å². The van der Waals surface area contributed by atoms with Crippen LogP contribution in [0, 0.1) is 0 Å². The number of aryl methyl sites for hydroxylation is 1. The molecule has 35 heavy (non-hydrogen) atoms. The van der Waals surface area contributed by atoms with E-state index in [1.807, 2.05) is 0 Å². The van der Waals surface area contributed by atoms with E-state index < -0.39 is 0 Å². The second-order valence-corrected chi connectivity index (χ2v) is 10.4. The number of aromatic amines is 1. The topological polar surface area (TPSA) is 44.0 Å². The van der Waals surface area contributed by atoms with Crippen LogP contribution in [0.4, 0.5) is 0 Å². The number of aromatic nitrogens is 2. The number of imidazole rings is 1. The summed E-state index contributed by atoms with van der Waals surface area (Å²) in [4.78, 5) is 11.4. The van der Waals surface area contributed by atoms with Crippen molar-refractivity contribution in [2.75, 3.05) is 0 Å². The minimum Gasteiger partial charge on any atom is -0.341 e. The molecule has 0 amide bonds. The van der Waals surface area contributed by atoms with Crippen LogP contribution in [0.3, 0.4) is 0 Å². The van der Waals surface area contributed by atoms with E-state index in [0.29, 0.717) is 18.1 Å². The monoisotopic (exact) mass is 464 g/mol. The van der Waals surface area contributed by atoms with Crippen molar-refractivity contribution >= 4 is 11.0 Å². The molecule has 3 aromatic carbocycles. The minimum atomic E-state index is 0.479. The van der Waals surface area contributed by atoms with Crippen molar-refractivity contribution in [1.29, 1.82) is 0 Å². The third-order valence-corrected chi connectivity index (χ3v) is 8.11. The SMILES string of the molecule is c1ccc(CN[C@H]2CC[C@H](N(Cc3nc4ccccc4[nH]3)C3CCCc4ccccc43)CC2)cc1. The minimum absolute atomic E-state index is 0.479. The molecule has 0 aliphatic heterocycles. The van der Waals surface area contributed by atoms with Crippen LogP contribution in [0.25, 0.3) is 11.0 Å². The molecule has 1 heterocycles. The number of nitrogens with zero attached hydrogens (tertiary/aromatic N) is 2. The Bertz CT molecular complexity index is 1210. The van der Waals surface area contributed by atoms with Crippen molar-refractivity contribution in [2.45, 2.75) is 76.2 Å². The predicted octanol–water partition coefficient (Wildman–Crippen LogP) is 6.54. The molecule has 0 radical (unpaired) electrons. The summed E-state index contributed by atoms with van der Waals surface area (Å²) in [6.07, 6.45) is 8.68. The average molecular weight is 465 g/mol. The summed E-state index contributed by atoms with van der Waals surface area (Å²) in [5.41, 5.74) is 6.66. The fourth-order valence-corrected chi connectivity index (χ4v) is 6.29. The average Bonchev–Trinajstić information content (AvgIpc) is 3.34.